The summed E-state index contributed by atoms with van der Waals surface area (Å²) in [6.07, 6.45) is 2.45. The van der Waals surface area contributed by atoms with Crippen molar-refractivity contribution in [2.45, 2.75) is 30.2 Å². The molecule has 1 fully saturated rings. The van der Waals surface area contributed by atoms with E-state index in [2.05, 4.69) is 9.46 Å². The van der Waals surface area contributed by atoms with Gasteiger partial charge in [0.25, 0.3) is 0 Å². The lowest BCUT2D eigenvalue weighted by atomic mass is 10.1. The second kappa shape index (κ2) is 6.55. The molecule has 1 saturated carbocycles. The number of aliphatic hydroxyl groups is 1. The summed E-state index contributed by atoms with van der Waals surface area (Å²) in [5.41, 5.74) is 0.297. The van der Waals surface area contributed by atoms with E-state index in [0.717, 1.165) is 19.3 Å². The van der Waals surface area contributed by atoms with Gasteiger partial charge in [0.2, 0.25) is 10.0 Å². The normalized spacial score (nSPS) is 22.2. The second-order valence-electron chi connectivity index (χ2n) is 5.12. The smallest absolute Gasteiger partial charge is 0.337 e. The van der Waals surface area contributed by atoms with Gasteiger partial charge in [0.1, 0.15) is 0 Å². The summed E-state index contributed by atoms with van der Waals surface area (Å²) in [7, 11) is -2.38. The highest BCUT2D eigenvalue weighted by Crippen LogP contribution is 2.26. The Morgan fingerprint density at radius 2 is 2.00 bits per heavy atom. The van der Waals surface area contributed by atoms with Crippen molar-refractivity contribution >= 4 is 16.0 Å². The van der Waals surface area contributed by atoms with Crippen LogP contribution in [0.1, 0.15) is 29.6 Å². The van der Waals surface area contributed by atoms with Crippen molar-refractivity contribution < 1.29 is 23.1 Å². The van der Waals surface area contributed by atoms with Gasteiger partial charge in [-0.1, -0.05) is 6.42 Å². The molecular formula is C14H19NO5S. The SMILES string of the molecule is COC(=O)c1ccc(S(=O)(=O)NC2CCCC2CO)cc1. The number of aliphatic hydroxyl groups excluding tert-OH is 1. The Morgan fingerprint density at radius 3 is 2.57 bits per heavy atom. The maximum atomic E-state index is 12.3. The van der Waals surface area contributed by atoms with Crippen LogP contribution in [0.2, 0.25) is 0 Å². The van der Waals surface area contributed by atoms with Crippen LogP contribution in [-0.4, -0.2) is 39.3 Å². The second-order valence-corrected chi connectivity index (χ2v) is 6.83. The fraction of sp³-hybridized carbons (Fsp3) is 0.500. The Labute approximate surface area is 124 Å². The summed E-state index contributed by atoms with van der Waals surface area (Å²) in [6, 6.07) is 5.34. The number of ether oxygens (including phenoxy) is 1. The van der Waals surface area contributed by atoms with Gasteiger partial charge in [-0.05, 0) is 43.0 Å². The van der Waals surface area contributed by atoms with E-state index in [1.807, 2.05) is 0 Å². The number of methoxy groups -OCH3 is 1. The van der Waals surface area contributed by atoms with Gasteiger partial charge in [-0.15, -0.1) is 0 Å². The van der Waals surface area contributed by atoms with E-state index < -0.39 is 16.0 Å². The van der Waals surface area contributed by atoms with E-state index in [1.165, 1.54) is 31.4 Å². The molecule has 21 heavy (non-hydrogen) atoms. The van der Waals surface area contributed by atoms with Gasteiger partial charge in [0.15, 0.2) is 0 Å². The number of esters is 1. The number of sulfonamides is 1. The number of hydrogen-bond acceptors (Lipinski definition) is 5. The minimum atomic E-state index is -3.65. The molecule has 0 heterocycles. The first kappa shape index (κ1) is 15.9. The Hall–Kier alpha value is -1.44. The largest absolute Gasteiger partial charge is 0.465 e. The topological polar surface area (TPSA) is 92.7 Å². The molecule has 0 aromatic heterocycles. The van der Waals surface area contributed by atoms with Crippen LogP contribution in [0.4, 0.5) is 0 Å². The number of hydrogen-bond donors (Lipinski definition) is 2. The van der Waals surface area contributed by atoms with Crippen LogP contribution in [0, 0.1) is 5.92 Å². The van der Waals surface area contributed by atoms with E-state index in [0.29, 0.717) is 5.56 Å². The van der Waals surface area contributed by atoms with Crippen molar-refractivity contribution in [1.29, 1.82) is 0 Å². The van der Waals surface area contributed by atoms with Gasteiger partial charge >= 0.3 is 5.97 Å². The van der Waals surface area contributed by atoms with Crippen LogP contribution in [0.5, 0.6) is 0 Å². The van der Waals surface area contributed by atoms with Crippen LogP contribution in [-0.2, 0) is 14.8 Å². The fourth-order valence-corrected chi connectivity index (χ4v) is 3.91. The monoisotopic (exact) mass is 313 g/mol. The standard InChI is InChI=1S/C14H19NO5S/c1-20-14(17)10-5-7-12(8-6-10)21(18,19)15-13-4-2-3-11(13)9-16/h5-8,11,13,15-16H,2-4,9H2,1H3. The van der Waals surface area contributed by atoms with Crippen LogP contribution in [0.15, 0.2) is 29.2 Å². The molecule has 116 valence electrons. The van der Waals surface area contributed by atoms with Gasteiger partial charge < -0.3 is 9.84 Å². The first-order chi connectivity index (χ1) is 9.97. The third kappa shape index (κ3) is 3.61. The Balaban J connectivity index is 2.14. The lowest BCUT2D eigenvalue weighted by Gasteiger charge is -2.19. The number of carbonyl (C=O) groups is 1. The van der Waals surface area contributed by atoms with Crippen molar-refractivity contribution in [1.82, 2.24) is 4.72 Å². The van der Waals surface area contributed by atoms with Gasteiger partial charge in [-0.2, -0.15) is 0 Å². The number of nitrogens with one attached hydrogen (secondary N) is 1. The highest BCUT2D eigenvalue weighted by Gasteiger charge is 2.30. The summed E-state index contributed by atoms with van der Waals surface area (Å²) in [5.74, 6) is -0.544. The van der Waals surface area contributed by atoms with Crippen LogP contribution in [0.25, 0.3) is 0 Å². The summed E-state index contributed by atoms with van der Waals surface area (Å²) in [6.45, 7) is -0.0194. The summed E-state index contributed by atoms with van der Waals surface area (Å²) in [4.78, 5) is 11.4. The van der Waals surface area contributed by atoms with Crippen LogP contribution < -0.4 is 4.72 Å². The minimum Gasteiger partial charge on any atom is -0.465 e. The molecule has 0 amide bonds. The van der Waals surface area contributed by atoms with E-state index in [4.69, 9.17) is 0 Å². The fourth-order valence-electron chi connectivity index (χ4n) is 2.57. The molecule has 0 spiro atoms. The molecular weight excluding hydrogens is 294 g/mol. The van der Waals surface area contributed by atoms with Crippen molar-refractivity contribution in [3.63, 3.8) is 0 Å². The average molecular weight is 313 g/mol. The highest BCUT2D eigenvalue weighted by molar-refractivity contribution is 7.89. The first-order valence-corrected chi connectivity index (χ1v) is 8.28. The van der Waals surface area contributed by atoms with Crippen LogP contribution in [0.3, 0.4) is 0 Å². The van der Waals surface area contributed by atoms with Gasteiger partial charge in [0, 0.05) is 12.6 Å². The predicted molar refractivity (Wildman–Crippen MR) is 76.3 cm³/mol. The Morgan fingerprint density at radius 1 is 1.33 bits per heavy atom. The third-order valence-electron chi connectivity index (χ3n) is 3.79. The molecule has 0 aliphatic heterocycles. The number of carbonyl (C=O) groups excluding carboxylic acids is 1. The molecule has 0 saturated heterocycles. The molecule has 1 aromatic rings. The molecule has 1 aliphatic carbocycles. The number of benzene rings is 1. The lowest BCUT2D eigenvalue weighted by molar-refractivity contribution is 0.0600. The van der Waals surface area contributed by atoms with E-state index in [9.17, 15) is 18.3 Å². The molecule has 2 rings (SSSR count). The molecule has 0 bridgehead atoms. The van der Waals surface area contributed by atoms with Gasteiger partial charge in [-0.3, -0.25) is 0 Å². The van der Waals surface area contributed by atoms with Gasteiger partial charge in [0.05, 0.1) is 17.6 Å². The quantitative estimate of drug-likeness (QED) is 0.788. The molecule has 1 aliphatic rings. The zero-order chi connectivity index (χ0) is 15.5. The molecule has 2 atom stereocenters. The molecule has 6 nitrogen and oxygen atoms in total. The lowest BCUT2D eigenvalue weighted by Crippen LogP contribution is -2.38. The van der Waals surface area contributed by atoms with Crippen LogP contribution >= 0.6 is 0 Å². The Bertz CT molecular complexity index is 596. The zero-order valence-electron chi connectivity index (χ0n) is 11.8. The molecule has 1 aromatic carbocycles. The third-order valence-corrected chi connectivity index (χ3v) is 5.29. The van der Waals surface area contributed by atoms with Crippen molar-refractivity contribution in [2.24, 2.45) is 5.92 Å². The summed E-state index contributed by atoms with van der Waals surface area (Å²) >= 11 is 0. The van der Waals surface area contributed by atoms with E-state index in [-0.39, 0.29) is 23.5 Å². The molecule has 0 radical (unpaired) electrons. The maximum Gasteiger partial charge on any atom is 0.337 e. The summed E-state index contributed by atoms with van der Waals surface area (Å²) in [5, 5.41) is 9.24. The zero-order valence-corrected chi connectivity index (χ0v) is 12.6. The molecule has 7 heteroatoms. The molecule has 2 N–H and O–H groups in total. The van der Waals surface area contributed by atoms with Gasteiger partial charge in [-0.25, -0.2) is 17.9 Å². The number of rotatable bonds is 5. The minimum absolute atomic E-state index is 0.0194. The van der Waals surface area contributed by atoms with E-state index in [1.54, 1.807) is 0 Å². The highest BCUT2D eigenvalue weighted by atomic mass is 32.2. The van der Waals surface area contributed by atoms with Crippen molar-refractivity contribution in [3.05, 3.63) is 29.8 Å². The van der Waals surface area contributed by atoms with E-state index >= 15 is 0 Å². The maximum absolute atomic E-state index is 12.3. The summed E-state index contributed by atoms with van der Waals surface area (Å²) < 4.78 is 31.8. The molecule has 2 unspecified atom stereocenters. The predicted octanol–water partition coefficient (Wildman–Crippen LogP) is 0.912. The Kier molecular flexibility index (Phi) is 4.97. The van der Waals surface area contributed by atoms with Crippen molar-refractivity contribution in [2.75, 3.05) is 13.7 Å². The van der Waals surface area contributed by atoms with Crippen molar-refractivity contribution in [3.8, 4) is 0 Å². The average Bonchev–Trinajstić information content (AvgIpc) is 2.93. The first-order valence-electron chi connectivity index (χ1n) is 6.79.